The molecular weight excluding hydrogens is 722 g/mol. The first-order valence-electron chi connectivity index (χ1n) is 19.2. The predicted octanol–water partition coefficient (Wildman–Crippen LogP) is 4.04. The quantitative estimate of drug-likeness (QED) is 0.170. The van der Waals surface area contributed by atoms with Crippen molar-refractivity contribution < 1.29 is 57.8 Å². The third-order valence-corrected chi connectivity index (χ3v) is 12.9. The molecule has 1 aliphatic heterocycles. The lowest BCUT2D eigenvalue weighted by atomic mass is 9.44. The van der Waals surface area contributed by atoms with Crippen LogP contribution in [0.1, 0.15) is 83.3 Å². The van der Waals surface area contributed by atoms with Crippen LogP contribution in [0.4, 0.5) is 0 Å². The molecule has 2 aromatic carbocycles. The van der Waals surface area contributed by atoms with Crippen LogP contribution in [-0.2, 0) is 42.8 Å². The van der Waals surface area contributed by atoms with Gasteiger partial charge in [0, 0.05) is 45.4 Å². The summed E-state index contributed by atoms with van der Waals surface area (Å²) >= 11 is 0. The van der Waals surface area contributed by atoms with Gasteiger partial charge in [-0.25, -0.2) is 9.59 Å². The highest BCUT2D eigenvalue weighted by molar-refractivity contribution is 5.94. The van der Waals surface area contributed by atoms with Gasteiger partial charge in [0.25, 0.3) is 0 Å². The van der Waals surface area contributed by atoms with Crippen molar-refractivity contribution in [2.75, 3.05) is 20.8 Å². The van der Waals surface area contributed by atoms with Gasteiger partial charge in [0.15, 0.2) is 17.5 Å². The summed E-state index contributed by atoms with van der Waals surface area (Å²) in [7, 11) is 2.85. The van der Waals surface area contributed by atoms with Gasteiger partial charge in [-0.3, -0.25) is 9.59 Å². The molecule has 13 nitrogen and oxygen atoms in total. The molecule has 2 bridgehead atoms. The maximum atomic E-state index is 15.5. The normalized spacial score (nSPS) is 34.5. The number of esters is 3. The highest BCUT2D eigenvalue weighted by Crippen LogP contribution is 2.64. The van der Waals surface area contributed by atoms with Gasteiger partial charge >= 0.3 is 17.9 Å². The first-order chi connectivity index (χ1) is 26.4. The number of Topliss-reactive ketones (excluding diaryl/α,β-unsaturated/α-hetero) is 1. The SMILES string of the molecule is CO[C@H]1C(=O)[C@]2(C)[C@@H](OC)C[C@H]3OC[C@@]3(OC(C)=O)[C@H]2[C@H](OC(=O)c2ccccc2)[C@]2(O)C[C@H](OC(=O)[C@H](O)[C@@H](NC(C)C)c3ccccc3)C(C)=C1C2(C)C. The average molecular weight is 778 g/mol. The Morgan fingerprint density at radius 1 is 0.946 bits per heavy atom. The zero-order chi connectivity index (χ0) is 41.0. The van der Waals surface area contributed by atoms with E-state index in [0.717, 1.165) is 0 Å². The second-order valence-corrected chi connectivity index (χ2v) is 16.7. The first kappa shape index (κ1) is 41.6. The van der Waals surface area contributed by atoms with Gasteiger partial charge in [-0.05, 0) is 42.7 Å². The van der Waals surface area contributed by atoms with Gasteiger partial charge in [0.2, 0.25) is 0 Å². The van der Waals surface area contributed by atoms with Crippen molar-refractivity contribution in [2.45, 2.75) is 121 Å². The van der Waals surface area contributed by atoms with E-state index in [9.17, 15) is 24.6 Å². The summed E-state index contributed by atoms with van der Waals surface area (Å²) < 4.78 is 37.0. The molecule has 2 aromatic rings. The number of fused-ring (bicyclic) bond motifs is 5. The first-order valence-corrected chi connectivity index (χ1v) is 19.2. The minimum atomic E-state index is -2.14. The molecule has 0 aromatic heterocycles. The number of rotatable bonds is 11. The number of ketones is 1. The fourth-order valence-corrected chi connectivity index (χ4v) is 10.0. The van der Waals surface area contributed by atoms with Crippen molar-refractivity contribution in [3.05, 3.63) is 82.9 Å². The molecule has 1 heterocycles. The standard InChI is InChI=1S/C43H55NO12/c1-23(2)44-32(26-16-12-10-13-17-26)33(46)39(49)54-28-21-43(50)37(55-38(48)27-18-14-11-15-19-27)35-41(7,36(47)34(52-9)31(24(28)3)40(43,5)6)29(51-8)20-30-42(35,22-53-30)56-25(4)45/h10-19,23,28-30,32-35,37,44,46,50H,20-22H2,1-9H3/t28-,29-,30+,32-,33+,34+,35-,37-,41+,42-,43+/m0/s1. The molecule has 1 saturated heterocycles. The van der Waals surface area contributed by atoms with Crippen molar-refractivity contribution in [1.82, 2.24) is 5.32 Å². The van der Waals surface area contributed by atoms with Crippen LogP contribution in [0.15, 0.2) is 71.8 Å². The van der Waals surface area contributed by atoms with Gasteiger partial charge in [0.05, 0.1) is 35.6 Å². The molecule has 13 heteroatoms. The fraction of sp³-hybridized carbons (Fsp3) is 0.581. The molecule has 56 heavy (non-hydrogen) atoms. The third kappa shape index (κ3) is 6.59. The van der Waals surface area contributed by atoms with Gasteiger partial charge in [0.1, 0.15) is 30.0 Å². The molecular formula is C43H55NO12. The maximum Gasteiger partial charge on any atom is 0.338 e. The van der Waals surface area contributed by atoms with E-state index in [4.69, 9.17) is 28.4 Å². The Kier molecular flexibility index (Phi) is 11.5. The van der Waals surface area contributed by atoms with Crippen molar-refractivity contribution >= 4 is 23.7 Å². The molecule has 0 radical (unpaired) electrons. The van der Waals surface area contributed by atoms with Crippen molar-refractivity contribution in [2.24, 2.45) is 16.7 Å². The zero-order valence-corrected chi connectivity index (χ0v) is 33.6. The molecule has 0 unspecified atom stereocenters. The van der Waals surface area contributed by atoms with Crippen LogP contribution in [0, 0.1) is 16.7 Å². The largest absolute Gasteiger partial charge is 0.456 e. The Bertz CT molecular complexity index is 1850. The van der Waals surface area contributed by atoms with E-state index < -0.39 is 94.3 Å². The predicted molar refractivity (Wildman–Crippen MR) is 202 cm³/mol. The smallest absolute Gasteiger partial charge is 0.338 e. The second-order valence-electron chi connectivity index (χ2n) is 16.7. The fourth-order valence-electron chi connectivity index (χ4n) is 10.0. The molecule has 3 aliphatic carbocycles. The number of aliphatic hydroxyl groups excluding tert-OH is 1. The number of carbonyl (C=O) groups excluding carboxylic acids is 4. The molecule has 6 rings (SSSR count). The summed E-state index contributed by atoms with van der Waals surface area (Å²) in [6, 6.07) is 16.3. The molecule has 11 atom stereocenters. The van der Waals surface area contributed by atoms with Crippen molar-refractivity contribution in [3.63, 3.8) is 0 Å². The number of hydrogen-bond donors (Lipinski definition) is 3. The summed E-state index contributed by atoms with van der Waals surface area (Å²) in [5.41, 5.74) is -5.08. The lowest BCUT2D eigenvalue weighted by Gasteiger charge is -2.67. The van der Waals surface area contributed by atoms with Crippen molar-refractivity contribution in [1.29, 1.82) is 0 Å². The highest BCUT2D eigenvalue weighted by Gasteiger charge is 2.78. The number of benzene rings is 2. The van der Waals surface area contributed by atoms with Crippen LogP contribution in [-0.4, -0.2) is 109 Å². The highest BCUT2D eigenvalue weighted by atomic mass is 16.6. The minimum absolute atomic E-state index is 0.118. The Hall–Kier alpha value is -3.98. The second kappa shape index (κ2) is 15.4. The van der Waals surface area contributed by atoms with Crippen LogP contribution < -0.4 is 5.32 Å². The minimum Gasteiger partial charge on any atom is -0.456 e. The summed E-state index contributed by atoms with van der Waals surface area (Å²) in [6.45, 7) is 11.7. The summed E-state index contributed by atoms with van der Waals surface area (Å²) in [6.07, 6.45) is -7.62. The Morgan fingerprint density at radius 3 is 2.11 bits per heavy atom. The van der Waals surface area contributed by atoms with E-state index in [1.54, 1.807) is 82.3 Å². The van der Waals surface area contributed by atoms with E-state index in [1.807, 2.05) is 19.9 Å². The van der Waals surface area contributed by atoms with E-state index in [-0.39, 0.29) is 31.1 Å². The van der Waals surface area contributed by atoms with Gasteiger partial charge in [-0.1, -0.05) is 76.2 Å². The van der Waals surface area contributed by atoms with Gasteiger partial charge in [-0.15, -0.1) is 0 Å². The molecule has 0 amide bonds. The topological polar surface area (TPSA) is 176 Å². The molecule has 2 saturated carbocycles. The summed E-state index contributed by atoms with van der Waals surface area (Å²) in [5.74, 6) is -4.14. The maximum absolute atomic E-state index is 15.5. The summed E-state index contributed by atoms with van der Waals surface area (Å²) in [5, 5.41) is 28.5. The van der Waals surface area contributed by atoms with Gasteiger partial charge < -0.3 is 44.0 Å². The van der Waals surface area contributed by atoms with Crippen LogP contribution in [0.2, 0.25) is 0 Å². The number of carbonyl (C=O) groups is 4. The van der Waals surface area contributed by atoms with E-state index in [0.29, 0.717) is 16.7 Å². The monoisotopic (exact) mass is 777 g/mol. The third-order valence-electron chi connectivity index (χ3n) is 12.9. The molecule has 3 fully saturated rings. The number of nitrogens with one attached hydrogen (secondary N) is 1. The van der Waals surface area contributed by atoms with Crippen LogP contribution in [0.5, 0.6) is 0 Å². The average Bonchev–Trinajstić information content (AvgIpc) is 3.15. The van der Waals surface area contributed by atoms with E-state index in [1.165, 1.54) is 21.1 Å². The van der Waals surface area contributed by atoms with E-state index in [2.05, 4.69) is 5.32 Å². The summed E-state index contributed by atoms with van der Waals surface area (Å²) in [4.78, 5) is 56.8. The van der Waals surface area contributed by atoms with Crippen LogP contribution in [0.25, 0.3) is 0 Å². The van der Waals surface area contributed by atoms with Crippen molar-refractivity contribution in [3.8, 4) is 0 Å². The number of ether oxygens (including phenoxy) is 6. The number of aliphatic hydroxyl groups is 2. The zero-order valence-electron chi connectivity index (χ0n) is 33.6. The van der Waals surface area contributed by atoms with Gasteiger partial charge in [-0.2, -0.15) is 0 Å². The van der Waals surface area contributed by atoms with Crippen LogP contribution >= 0.6 is 0 Å². The van der Waals surface area contributed by atoms with E-state index >= 15 is 4.79 Å². The molecule has 304 valence electrons. The Morgan fingerprint density at radius 2 is 1.57 bits per heavy atom. The molecule has 3 N–H and O–H groups in total. The van der Waals surface area contributed by atoms with Crippen LogP contribution in [0.3, 0.4) is 0 Å². The lowest BCUT2D eigenvalue weighted by molar-refractivity contribution is -0.347. The number of hydrogen-bond acceptors (Lipinski definition) is 13. The Labute approximate surface area is 328 Å². The Balaban J connectivity index is 1.55. The lowest BCUT2D eigenvalue weighted by Crippen LogP contribution is -2.82. The molecule has 0 spiro atoms. The molecule has 4 aliphatic rings. The number of methoxy groups -OCH3 is 2.